The first-order valence-corrected chi connectivity index (χ1v) is 8.09. The van der Waals surface area contributed by atoms with Gasteiger partial charge >= 0.3 is 6.18 Å². The van der Waals surface area contributed by atoms with Crippen molar-refractivity contribution in [3.05, 3.63) is 35.4 Å². The quantitative estimate of drug-likeness (QED) is 0.898. The van der Waals surface area contributed by atoms with E-state index in [4.69, 9.17) is 4.74 Å². The smallest absolute Gasteiger partial charge is 0.391 e. The van der Waals surface area contributed by atoms with Crippen LogP contribution in [0.1, 0.15) is 36.4 Å². The number of carbonyl (C=O) groups excluding carboxylic acids is 1. The Balaban J connectivity index is 1.78. The molecule has 1 N–H and O–H groups in total. The summed E-state index contributed by atoms with van der Waals surface area (Å²) in [5.41, 5.74) is -0.104. The highest BCUT2D eigenvalue weighted by Gasteiger charge is 2.39. The van der Waals surface area contributed by atoms with Crippen LogP contribution in [0.5, 0.6) is 0 Å². The van der Waals surface area contributed by atoms with Crippen LogP contribution in [0.15, 0.2) is 24.3 Å². The van der Waals surface area contributed by atoms with Gasteiger partial charge in [0.1, 0.15) is 0 Å². The predicted molar refractivity (Wildman–Crippen MR) is 80.1 cm³/mol. The van der Waals surface area contributed by atoms with Gasteiger partial charge in [-0.1, -0.05) is 12.1 Å². The molecule has 1 aromatic rings. The minimum atomic E-state index is -4.39. The van der Waals surface area contributed by atoms with E-state index in [9.17, 15) is 23.1 Å². The van der Waals surface area contributed by atoms with Crippen LogP contribution in [-0.2, 0) is 15.7 Å². The number of likely N-dealkylation sites (tertiary alicyclic amines) is 1. The number of hydrogen-bond acceptors (Lipinski definition) is 3. The van der Waals surface area contributed by atoms with Crippen LogP contribution in [0.25, 0.3) is 0 Å². The molecule has 1 aromatic carbocycles. The zero-order valence-corrected chi connectivity index (χ0v) is 13.1. The highest BCUT2D eigenvalue weighted by Crippen LogP contribution is 2.36. The summed E-state index contributed by atoms with van der Waals surface area (Å²) >= 11 is 0. The Labute approximate surface area is 138 Å². The summed E-state index contributed by atoms with van der Waals surface area (Å²) < 4.78 is 43.4. The Hall–Kier alpha value is -1.60. The zero-order valence-electron chi connectivity index (χ0n) is 13.1. The van der Waals surface area contributed by atoms with Crippen molar-refractivity contribution in [2.24, 2.45) is 5.92 Å². The molecule has 3 atom stereocenters. The molecule has 2 saturated heterocycles. The van der Waals surface area contributed by atoms with E-state index in [0.29, 0.717) is 25.2 Å². The minimum Gasteiger partial charge on any atom is -0.391 e. The fourth-order valence-corrected chi connectivity index (χ4v) is 3.44. The van der Waals surface area contributed by atoms with Gasteiger partial charge in [-0.3, -0.25) is 4.79 Å². The topological polar surface area (TPSA) is 49.8 Å². The van der Waals surface area contributed by atoms with Crippen LogP contribution in [0.4, 0.5) is 13.2 Å². The first-order valence-electron chi connectivity index (χ1n) is 8.09. The number of nitrogens with zero attached hydrogens (tertiary/aromatic N) is 1. The lowest BCUT2D eigenvalue weighted by Gasteiger charge is -2.30. The Morgan fingerprint density at radius 1 is 1.25 bits per heavy atom. The van der Waals surface area contributed by atoms with Crippen molar-refractivity contribution in [2.75, 3.05) is 19.8 Å². The molecule has 2 heterocycles. The monoisotopic (exact) mass is 343 g/mol. The third-order valence-corrected chi connectivity index (χ3v) is 4.69. The summed E-state index contributed by atoms with van der Waals surface area (Å²) in [6, 6.07) is 4.43. The van der Waals surface area contributed by atoms with E-state index in [1.165, 1.54) is 12.1 Å². The van der Waals surface area contributed by atoms with E-state index in [-0.39, 0.29) is 18.4 Å². The number of carbonyl (C=O) groups is 1. The molecule has 0 spiro atoms. The van der Waals surface area contributed by atoms with Gasteiger partial charge in [0.15, 0.2) is 0 Å². The molecule has 2 aliphatic heterocycles. The summed E-state index contributed by atoms with van der Waals surface area (Å²) in [6.07, 6.45) is -3.15. The first-order chi connectivity index (χ1) is 11.4. The maximum absolute atomic E-state index is 12.7. The Morgan fingerprint density at radius 3 is 2.54 bits per heavy atom. The number of rotatable bonds is 2. The molecule has 2 fully saturated rings. The van der Waals surface area contributed by atoms with Crippen LogP contribution in [0, 0.1) is 5.92 Å². The van der Waals surface area contributed by atoms with E-state index >= 15 is 0 Å². The third kappa shape index (κ3) is 3.57. The largest absolute Gasteiger partial charge is 0.416 e. The Bertz CT molecular complexity index is 582. The molecule has 24 heavy (non-hydrogen) atoms. The molecule has 1 amide bonds. The van der Waals surface area contributed by atoms with Gasteiger partial charge < -0.3 is 14.7 Å². The van der Waals surface area contributed by atoms with Gasteiger partial charge in [0.2, 0.25) is 5.91 Å². The van der Waals surface area contributed by atoms with E-state index in [1.54, 1.807) is 4.90 Å². The van der Waals surface area contributed by atoms with Crippen molar-refractivity contribution in [1.29, 1.82) is 0 Å². The molecule has 3 unspecified atom stereocenters. The Kier molecular flexibility index (Phi) is 4.83. The van der Waals surface area contributed by atoms with Gasteiger partial charge in [-0.25, -0.2) is 0 Å². The molecule has 0 radical (unpaired) electrons. The number of ether oxygens (including phenoxy) is 1. The third-order valence-electron chi connectivity index (χ3n) is 4.69. The van der Waals surface area contributed by atoms with Crippen molar-refractivity contribution in [2.45, 2.75) is 37.6 Å². The van der Waals surface area contributed by atoms with Crippen molar-refractivity contribution < 1.29 is 27.8 Å². The SMILES string of the molecule is O=C(C1CCCOC1)N1CC(O)CC1c1ccc(C(F)(F)F)cc1. The predicted octanol–water partition coefficient (Wildman–Crippen LogP) is 2.77. The maximum Gasteiger partial charge on any atom is 0.416 e. The molecule has 2 aliphatic rings. The van der Waals surface area contributed by atoms with Crippen LogP contribution < -0.4 is 0 Å². The molecule has 7 heteroatoms. The van der Waals surface area contributed by atoms with E-state index < -0.39 is 23.9 Å². The van der Waals surface area contributed by atoms with Gasteiger partial charge in [0.05, 0.1) is 30.2 Å². The lowest BCUT2D eigenvalue weighted by atomic mass is 9.98. The fourth-order valence-electron chi connectivity index (χ4n) is 3.44. The number of aliphatic hydroxyl groups excluding tert-OH is 1. The number of alkyl halides is 3. The van der Waals surface area contributed by atoms with E-state index in [1.807, 2.05) is 0 Å². The van der Waals surface area contributed by atoms with Crippen molar-refractivity contribution in [1.82, 2.24) is 4.90 Å². The van der Waals surface area contributed by atoms with Crippen LogP contribution >= 0.6 is 0 Å². The van der Waals surface area contributed by atoms with Gasteiger partial charge in [-0.15, -0.1) is 0 Å². The normalized spacial score (nSPS) is 28.2. The molecule has 0 bridgehead atoms. The number of amides is 1. The average Bonchev–Trinajstić information content (AvgIpc) is 2.96. The van der Waals surface area contributed by atoms with Gasteiger partial charge in [-0.2, -0.15) is 13.2 Å². The molecule has 132 valence electrons. The number of aliphatic hydroxyl groups is 1. The molecular weight excluding hydrogens is 323 g/mol. The van der Waals surface area contributed by atoms with Crippen LogP contribution in [0.2, 0.25) is 0 Å². The zero-order chi connectivity index (χ0) is 17.3. The maximum atomic E-state index is 12.7. The number of benzene rings is 1. The molecule has 0 saturated carbocycles. The van der Waals surface area contributed by atoms with E-state index in [2.05, 4.69) is 0 Å². The summed E-state index contributed by atoms with van der Waals surface area (Å²) in [5, 5.41) is 9.96. The van der Waals surface area contributed by atoms with Crippen molar-refractivity contribution in [3.63, 3.8) is 0 Å². The van der Waals surface area contributed by atoms with Crippen LogP contribution in [0.3, 0.4) is 0 Å². The summed E-state index contributed by atoms with van der Waals surface area (Å²) in [6.45, 7) is 1.22. The first kappa shape index (κ1) is 17.2. The second-order valence-corrected chi connectivity index (χ2v) is 6.43. The standard InChI is InChI=1S/C17H20F3NO3/c18-17(19,20)13-5-3-11(4-6-13)15-8-14(22)9-21(15)16(23)12-2-1-7-24-10-12/h3-6,12,14-15,22H,1-2,7-10H2. The molecule has 3 rings (SSSR count). The second kappa shape index (κ2) is 6.72. The van der Waals surface area contributed by atoms with Gasteiger partial charge in [-0.05, 0) is 37.0 Å². The highest BCUT2D eigenvalue weighted by molar-refractivity contribution is 5.80. The van der Waals surface area contributed by atoms with Crippen LogP contribution in [-0.4, -0.2) is 41.8 Å². The number of hydrogen-bond donors (Lipinski definition) is 1. The second-order valence-electron chi connectivity index (χ2n) is 6.43. The Morgan fingerprint density at radius 2 is 1.96 bits per heavy atom. The number of halogens is 3. The van der Waals surface area contributed by atoms with E-state index in [0.717, 1.165) is 25.0 Å². The summed E-state index contributed by atoms with van der Waals surface area (Å²) in [5.74, 6) is -0.322. The molecule has 4 nitrogen and oxygen atoms in total. The summed E-state index contributed by atoms with van der Waals surface area (Å²) in [7, 11) is 0. The lowest BCUT2D eigenvalue weighted by Crippen LogP contribution is -2.39. The van der Waals surface area contributed by atoms with Gasteiger partial charge in [0, 0.05) is 13.2 Å². The fraction of sp³-hybridized carbons (Fsp3) is 0.588. The van der Waals surface area contributed by atoms with Crippen molar-refractivity contribution in [3.8, 4) is 0 Å². The summed E-state index contributed by atoms with van der Waals surface area (Å²) in [4.78, 5) is 14.3. The highest BCUT2D eigenvalue weighted by atomic mass is 19.4. The molecular formula is C17H20F3NO3. The average molecular weight is 343 g/mol. The minimum absolute atomic E-state index is 0.0869. The molecule has 0 aliphatic carbocycles. The van der Waals surface area contributed by atoms with Crippen molar-refractivity contribution >= 4 is 5.91 Å². The lowest BCUT2D eigenvalue weighted by molar-refractivity contribution is -0.141. The van der Waals surface area contributed by atoms with Gasteiger partial charge in [0.25, 0.3) is 0 Å². The molecule has 0 aromatic heterocycles. The number of β-amino-alcohol motifs (C(OH)–C–C–N with tert-alkyl or cyclic N) is 1.